The summed E-state index contributed by atoms with van der Waals surface area (Å²) in [6.07, 6.45) is 10.1. The summed E-state index contributed by atoms with van der Waals surface area (Å²) in [6, 6.07) is 2.05. The minimum absolute atomic E-state index is 0.487. The van der Waals surface area contributed by atoms with Gasteiger partial charge >= 0.3 is 0 Å². The highest BCUT2D eigenvalue weighted by molar-refractivity contribution is 5.93. The number of fused-ring (bicyclic) bond motifs is 1. The third kappa shape index (κ3) is 2.46. The van der Waals surface area contributed by atoms with E-state index in [1.54, 1.807) is 10.9 Å². The Bertz CT molecular complexity index is 945. The fourth-order valence-electron chi connectivity index (χ4n) is 4.18. The van der Waals surface area contributed by atoms with Gasteiger partial charge in [0.1, 0.15) is 5.65 Å². The molecule has 1 spiro atoms. The van der Waals surface area contributed by atoms with Gasteiger partial charge in [-0.25, -0.2) is 4.98 Å². The maximum atomic E-state index is 11.3. The second-order valence-electron chi connectivity index (χ2n) is 7.36. The number of hydrogen-bond donors (Lipinski definition) is 2. The van der Waals surface area contributed by atoms with Gasteiger partial charge in [-0.1, -0.05) is 0 Å². The molecule has 0 aromatic carbocycles. The van der Waals surface area contributed by atoms with Crippen molar-refractivity contribution in [3.05, 3.63) is 36.4 Å². The van der Waals surface area contributed by atoms with Crippen molar-refractivity contribution >= 4 is 11.0 Å². The molecule has 0 atom stereocenters. The van der Waals surface area contributed by atoms with Gasteiger partial charge < -0.3 is 19.6 Å². The molecule has 1 saturated carbocycles. The number of nitrogens with one attached hydrogen (secondary N) is 1. The molecule has 7 nitrogen and oxygen atoms in total. The molecule has 0 amide bonds. The van der Waals surface area contributed by atoms with Crippen LogP contribution in [0.25, 0.3) is 22.2 Å². The second-order valence-corrected chi connectivity index (χ2v) is 7.36. The summed E-state index contributed by atoms with van der Waals surface area (Å²) < 4.78 is 13.3. The van der Waals surface area contributed by atoms with Crippen LogP contribution in [0.4, 0.5) is 0 Å². The Labute approximate surface area is 151 Å². The molecule has 2 fully saturated rings. The quantitative estimate of drug-likeness (QED) is 0.738. The Morgan fingerprint density at radius 3 is 2.62 bits per heavy atom. The minimum atomic E-state index is -0.898. The molecule has 4 heterocycles. The lowest BCUT2D eigenvalue weighted by molar-refractivity contribution is -0.204. The largest absolute Gasteiger partial charge is 0.385 e. The van der Waals surface area contributed by atoms with Crippen LogP contribution in [-0.4, -0.2) is 43.9 Å². The van der Waals surface area contributed by atoms with Crippen LogP contribution < -0.4 is 0 Å². The smallest absolute Gasteiger partial charge is 0.168 e. The molecule has 1 aliphatic heterocycles. The van der Waals surface area contributed by atoms with Crippen LogP contribution in [-0.2, 0) is 22.1 Å². The number of rotatable bonds is 2. The first-order chi connectivity index (χ1) is 12.6. The van der Waals surface area contributed by atoms with E-state index < -0.39 is 11.4 Å². The summed E-state index contributed by atoms with van der Waals surface area (Å²) >= 11 is 0. The van der Waals surface area contributed by atoms with Gasteiger partial charge in [-0.3, -0.25) is 4.68 Å². The third-order valence-electron chi connectivity index (χ3n) is 5.74. The van der Waals surface area contributed by atoms with Gasteiger partial charge in [-0.2, -0.15) is 5.10 Å². The molecule has 0 radical (unpaired) electrons. The fourth-order valence-corrected chi connectivity index (χ4v) is 4.18. The minimum Gasteiger partial charge on any atom is -0.385 e. The number of ether oxygens (including phenoxy) is 2. The molecule has 0 unspecified atom stereocenters. The van der Waals surface area contributed by atoms with Crippen LogP contribution in [0, 0.1) is 0 Å². The second kappa shape index (κ2) is 5.64. The number of aryl methyl sites for hydroxylation is 1. The Balaban J connectivity index is 1.49. The van der Waals surface area contributed by atoms with E-state index in [9.17, 15) is 5.11 Å². The highest BCUT2D eigenvalue weighted by atomic mass is 16.7. The van der Waals surface area contributed by atoms with Crippen LogP contribution in [0.15, 0.2) is 30.9 Å². The van der Waals surface area contributed by atoms with E-state index in [1.807, 2.05) is 25.6 Å². The van der Waals surface area contributed by atoms with Crippen molar-refractivity contribution in [2.24, 2.45) is 7.05 Å². The van der Waals surface area contributed by atoms with Crippen molar-refractivity contribution < 1.29 is 14.6 Å². The van der Waals surface area contributed by atoms with Crippen molar-refractivity contribution in [1.82, 2.24) is 19.7 Å². The van der Waals surface area contributed by atoms with Gasteiger partial charge in [-0.15, -0.1) is 0 Å². The molecule has 5 rings (SSSR count). The Hall–Kier alpha value is -2.22. The van der Waals surface area contributed by atoms with E-state index in [0.29, 0.717) is 38.9 Å². The normalized spacial score (nSPS) is 21.6. The zero-order valence-electron chi connectivity index (χ0n) is 14.7. The lowest BCUT2D eigenvalue weighted by Crippen LogP contribution is -2.42. The lowest BCUT2D eigenvalue weighted by Gasteiger charge is -2.40. The summed E-state index contributed by atoms with van der Waals surface area (Å²) in [5.74, 6) is -0.487. The van der Waals surface area contributed by atoms with E-state index >= 15 is 0 Å². The molecule has 136 valence electrons. The van der Waals surface area contributed by atoms with Crippen LogP contribution in [0.1, 0.15) is 31.2 Å². The Morgan fingerprint density at radius 1 is 1.15 bits per heavy atom. The molecule has 3 aromatic rings. The molecular formula is C19H22N4O3. The van der Waals surface area contributed by atoms with Crippen molar-refractivity contribution in [2.75, 3.05) is 13.2 Å². The van der Waals surface area contributed by atoms with E-state index in [4.69, 9.17) is 9.47 Å². The molecule has 7 heteroatoms. The molecular weight excluding hydrogens is 332 g/mol. The molecule has 2 N–H and O–H groups in total. The number of aromatic amines is 1. The van der Waals surface area contributed by atoms with Gasteiger partial charge in [0.15, 0.2) is 5.79 Å². The molecule has 1 aliphatic carbocycles. The monoisotopic (exact) mass is 354 g/mol. The van der Waals surface area contributed by atoms with Gasteiger partial charge in [-0.05, 0) is 18.9 Å². The van der Waals surface area contributed by atoms with Gasteiger partial charge in [0.05, 0.1) is 25.0 Å². The number of aromatic nitrogens is 4. The SMILES string of the molecule is Cn1cc(-c2c[nH]c3ncc(C4(O)CCC5(CC4)OCCO5)cc23)cn1. The third-order valence-corrected chi connectivity index (χ3v) is 5.74. The summed E-state index contributed by atoms with van der Waals surface area (Å²) in [7, 11) is 1.90. The van der Waals surface area contributed by atoms with Crippen LogP contribution in [0.2, 0.25) is 0 Å². The van der Waals surface area contributed by atoms with Crippen molar-refractivity contribution in [3.8, 4) is 11.1 Å². The standard InChI is InChI=1S/C19H22N4O3/c1-23-12-13(9-22-23)16-11-21-17-15(16)8-14(10-20-17)18(24)2-4-19(5-3-18)25-6-7-26-19/h8-12,24H,2-7H2,1H3,(H,20,21). The van der Waals surface area contributed by atoms with Crippen molar-refractivity contribution in [1.29, 1.82) is 0 Å². The first kappa shape index (κ1) is 16.0. The topological polar surface area (TPSA) is 85.2 Å². The van der Waals surface area contributed by atoms with Gasteiger partial charge in [0.25, 0.3) is 0 Å². The highest BCUT2D eigenvalue weighted by Gasteiger charge is 2.46. The van der Waals surface area contributed by atoms with Crippen LogP contribution in [0.5, 0.6) is 0 Å². The summed E-state index contributed by atoms with van der Waals surface area (Å²) in [6.45, 7) is 1.29. The first-order valence-corrected chi connectivity index (χ1v) is 9.04. The molecule has 1 saturated heterocycles. The summed E-state index contributed by atoms with van der Waals surface area (Å²) in [4.78, 5) is 7.75. The number of aliphatic hydroxyl groups is 1. The molecule has 2 aliphatic rings. The average Bonchev–Trinajstić information content (AvgIpc) is 3.37. The van der Waals surface area contributed by atoms with Gasteiger partial charge in [0, 0.05) is 60.6 Å². The predicted molar refractivity (Wildman–Crippen MR) is 95.3 cm³/mol. The van der Waals surface area contributed by atoms with E-state index in [2.05, 4.69) is 21.1 Å². The molecule has 26 heavy (non-hydrogen) atoms. The van der Waals surface area contributed by atoms with E-state index in [0.717, 1.165) is 27.7 Å². The molecule has 0 bridgehead atoms. The van der Waals surface area contributed by atoms with Crippen LogP contribution in [0.3, 0.4) is 0 Å². The first-order valence-electron chi connectivity index (χ1n) is 9.04. The number of H-pyrrole nitrogens is 1. The summed E-state index contributed by atoms with van der Waals surface area (Å²) in [5.41, 5.74) is 2.83. The Kier molecular flexibility index (Phi) is 3.47. The fraction of sp³-hybridized carbons (Fsp3) is 0.474. The van der Waals surface area contributed by atoms with Gasteiger partial charge in [0.2, 0.25) is 0 Å². The lowest BCUT2D eigenvalue weighted by atomic mass is 9.77. The van der Waals surface area contributed by atoms with Crippen molar-refractivity contribution in [2.45, 2.75) is 37.1 Å². The number of nitrogens with zero attached hydrogens (tertiary/aromatic N) is 3. The maximum Gasteiger partial charge on any atom is 0.168 e. The number of pyridine rings is 1. The predicted octanol–water partition coefficient (Wildman–Crippen LogP) is 2.47. The average molecular weight is 354 g/mol. The Morgan fingerprint density at radius 2 is 1.92 bits per heavy atom. The number of hydrogen-bond acceptors (Lipinski definition) is 5. The van der Waals surface area contributed by atoms with E-state index in [-0.39, 0.29) is 0 Å². The van der Waals surface area contributed by atoms with Crippen molar-refractivity contribution in [3.63, 3.8) is 0 Å². The zero-order chi connectivity index (χ0) is 17.8. The maximum absolute atomic E-state index is 11.3. The highest BCUT2D eigenvalue weighted by Crippen LogP contribution is 2.45. The van der Waals surface area contributed by atoms with Crippen LogP contribution >= 0.6 is 0 Å². The molecule has 3 aromatic heterocycles. The zero-order valence-corrected chi connectivity index (χ0v) is 14.7. The summed E-state index contributed by atoms with van der Waals surface area (Å²) in [5, 5.41) is 16.5. The van der Waals surface area contributed by atoms with E-state index in [1.165, 1.54) is 0 Å².